The second-order valence-electron chi connectivity index (χ2n) is 6.87. The molecule has 0 amide bonds. The van der Waals surface area contributed by atoms with Crippen LogP contribution in [0.5, 0.6) is 0 Å². The summed E-state index contributed by atoms with van der Waals surface area (Å²) in [7, 11) is 0. The summed E-state index contributed by atoms with van der Waals surface area (Å²) in [6.07, 6.45) is 6.00. The Morgan fingerprint density at radius 2 is 1.97 bits per heavy atom. The summed E-state index contributed by atoms with van der Waals surface area (Å²) >= 11 is 0. The number of nitrogens with zero attached hydrogens (tertiary/aromatic N) is 4. The number of nitrogens with one attached hydrogen (secondary N) is 2. The maximum Gasteiger partial charge on any atom is 0.191 e. The van der Waals surface area contributed by atoms with Crippen LogP contribution in [0.25, 0.3) is 5.69 Å². The van der Waals surface area contributed by atoms with Crippen LogP contribution in [-0.4, -0.2) is 73.1 Å². The molecule has 0 saturated carbocycles. The fourth-order valence-electron chi connectivity index (χ4n) is 3.19. The molecule has 2 heterocycles. The number of morpholine rings is 1. The van der Waals surface area contributed by atoms with Gasteiger partial charge in [-0.3, -0.25) is 9.89 Å². The predicted octanol–water partition coefficient (Wildman–Crippen LogP) is 2.31. The summed E-state index contributed by atoms with van der Waals surface area (Å²) in [5.74, 6) is 0.889. The Hall–Kier alpha value is -1.65. The van der Waals surface area contributed by atoms with Crippen molar-refractivity contribution >= 4 is 29.9 Å². The van der Waals surface area contributed by atoms with Crippen LogP contribution in [0.3, 0.4) is 0 Å². The van der Waals surface area contributed by atoms with E-state index in [1.54, 1.807) is 0 Å². The van der Waals surface area contributed by atoms with E-state index < -0.39 is 0 Å². The van der Waals surface area contributed by atoms with Crippen molar-refractivity contribution in [2.45, 2.75) is 19.8 Å². The number of rotatable bonds is 9. The van der Waals surface area contributed by atoms with Gasteiger partial charge in [0, 0.05) is 45.5 Å². The molecule has 0 aliphatic carbocycles. The van der Waals surface area contributed by atoms with Crippen molar-refractivity contribution in [1.82, 2.24) is 25.3 Å². The summed E-state index contributed by atoms with van der Waals surface area (Å²) < 4.78 is 7.31. The van der Waals surface area contributed by atoms with Crippen molar-refractivity contribution in [3.8, 4) is 5.69 Å². The lowest BCUT2D eigenvalue weighted by Gasteiger charge is -2.26. The molecule has 29 heavy (non-hydrogen) atoms. The molecular weight excluding hydrogens is 479 g/mol. The number of ether oxygens (including phenoxy) is 1. The van der Waals surface area contributed by atoms with Crippen molar-refractivity contribution in [3.05, 3.63) is 48.3 Å². The fraction of sp³-hybridized carbons (Fsp3) is 0.524. The van der Waals surface area contributed by atoms with Gasteiger partial charge in [-0.1, -0.05) is 18.2 Å². The third-order valence-electron chi connectivity index (χ3n) is 4.71. The average molecular weight is 512 g/mol. The summed E-state index contributed by atoms with van der Waals surface area (Å²) in [5.41, 5.74) is 2.29. The molecule has 0 bridgehead atoms. The Labute approximate surface area is 190 Å². The van der Waals surface area contributed by atoms with Crippen LogP contribution in [0.1, 0.15) is 18.9 Å². The van der Waals surface area contributed by atoms with Gasteiger partial charge in [0.05, 0.1) is 25.1 Å². The van der Waals surface area contributed by atoms with E-state index in [-0.39, 0.29) is 24.0 Å². The molecule has 0 atom stereocenters. The van der Waals surface area contributed by atoms with Gasteiger partial charge in [0.1, 0.15) is 0 Å². The molecule has 0 radical (unpaired) electrons. The first-order valence-electron chi connectivity index (χ1n) is 10.3. The molecule has 0 unspecified atom stereocenters. The average Bonchev–Trinajstić information content (AvgIpc) is 3.21. The summed E-state index contributed by atoms with van der Waals surface area (Å²) in [6.45, 7) is 9.50. The zero-order valence-corrected chi connectivity index (χ0v) is 19.5. The van der Waals surface area contributed by atoms with E-state index in [0.717, 1.165) is 77.0 Å². The van der Waals surface area contributed by atoms with Crippen LogP contribution in [0.15, 0.2) is 47.7 Å². The predicted molar refractivity (Wildman–Crippen MR) is 129 cm³/mol. The van der Waals surface area contributed by atoms with Gasteiger partial charge in [-0.25, -0.2) is 4.68 Å². The molecule has 2 aromatic rings. The van der Waals surface area contributed by atoms with Gasteiger partial charge in [0.15, 0.2) is 5.96 Å². The topological polar surface area (TPSA) is 66.7 Å². The number of aliphatic imine (C=N–C) groups is 1. The third kappa shape index (κ3) is 8.31. The number of halogens is 1. The third-order valence-corrected chi connectivity index (χ3v) is 4.71. The van der Waals surface area contributed by atoms with E-state index in [0.29, 0.717) is 0 Å². The van der Waals surface area contributed by atoms with E-state index in [4.69, 9.17) is 9.73 Å². The second-order valence-corrected chi connectivity index (χ2v) is 6.87. The molecule has 1 aromatic carbocycles. The fourth-order valence-corrected chi connectivity index (χ4v) is 3.19. The highest BCUT2D eigenvalue weighted by molar-refractivity contribution is 14.0. The molecule has 1 aliphatic heterocycles. The highest BCUT2D eigenvalue weighted by Gasteiger charge is 2.09. The number of guanidine groups is 1. The lowest BCUT2D eigenvalue weighted by atomic mass is 10.2. The van der Waals surface area contributed by atoms with Gasteiger partial charge >= 0.3 is 0 Å². The van der Waals surface area contributed by atoms with E-state index >= 15 is 0 Å². The molecule has 3 rings (SSSR count). The van der Waals surface area contributed by atoms with Gasteiger partial charge in [-0.2, -0.15) is 5.10 Å². The van der Waals surface area contributed by atoms with Gasteiger partial charge in [-0.05, 0) is 37.5 Å². The normalized spacial score (nSPS) is 15.0. The van der Waals surface area contributed by atoms with Gasteiger partial charge < -0.3 is 15.4 Å². The van der Waals surface area contributed by atoms with Crippen molar-refractivity contribution in [2.24, 2.45) is 4.99 Å². The zero-order valence-electron chi connectivity index (χ0n) is 17.2. The van der Waals surface area contributed by atoms with Crippen LogP contribution in [0, 0.1) is 0 Å². The Bertz CT molecular complexity index is 715. The van der Waals surface area contributed by atoms with Gasteiger partial charge in [0.25, 0.3) is 0 Å². The largest absolute Gasteiger partial charge is 0.379 e. The molecule has 1 saturated heterocycles. The van der Waals surface area contributed by atoms with Crippen LogP contribution in [-0.2, 0) is 11.2 Å². The molecule has 1 fully saturated rings. The first-order valence-corrected chi connectivity index (χ1v) is 10.3. The molecule has 8 heteroatoms. The number of benzene rings is 1. The molecule has 160 valence electrons. The highest BCUT2D eigenvalue weighted by atomic mass is 127. The zero-order chi connectivity index (χ0) is 19.4. The highest BCUT2D eigenvalue weighted by Crippen LogP contribution is 2.07. The van der Waals surface area contributed by atoms with Crippen LogP contribution < -0.4 is 10.6 Å². The summed E-state index contributed by atoms with van der Waals surface area (Å²) in [4.78, 5) is 7.15. The van der Waals surface area contributed by atoms with Crippen LogP contribution in [0.4, 0.5) is 0 Å². The molecule has 2 N–H and O–H groups in total. The maximum absolute atomic E-state index is 5.39. The van der Waals surface area contributed by atoms with Crippen molar-refractivity contribution in [2.75, 3.05) is 52.5 Å². The minimum absolute atomic E-state index is 0. The Morgan fingerprint density at radius 1 is 1.17 bits per heavy atom. The van der Waals surface area contributed by atoms with E-state index in [2.05, 4.69) is 45.9 Å². The Balaban J connectivity index is 0.00000300. The molecular formula is C21H33IN6O. The molecule has 0 spiro atoms. The molecule has 1 aliphatic rings. The monoisotopic (exact) mass is 512 g/mol. The van der Waals surface area contributed by atoms with Crippen molar-refractivity contribution in [3.63, 3.8) is 0 Å². The standard InChI is InChI=1S/C21H32N6O.HI/c1-2-22-21(23-10-6-12-26-13-15-28-16-14-26)24-11-9-19-17-25-27(18-19)20-7-4-3-5-8-20;/h3-5,7-8,17-18H,2,6,9-16H2,1H3,(H2,22,23,24);1H. The van der Waals surface area contributed by atoms with Crippen LogP contribution >= 0.6 is 24.0 Å². The molecule has 7 nitrogen and oxygen atoms in total. The van der Waals surface area contributed by atoms with Crippen molar-refractivity contribution in [1.29, 1.82) is 0 Å². The number of para-hydroxylation sites is 1. The van der Waals surface area contributed by atoms with Gasteiger partial charge in [0.2, 0.25) is 0 Å². The molecule has 1 aromatic heterocycles. The van der Waals surface area contributed by atoms with Gasteiger partial charge in [-0.15, -0.1) is 24.0 Å². The van der Waals surface area contributed by atoms with E-state index in [1.807, 2.05) is 29.1 Å². The first kappa shape index (κ1) is 23.6. The van der Waals surface area contributed by atoms with Crippen LogP contribution in [0.2, 0.25) is 0 Å². The number of aromatic nitrogens is 2. The lowest BCUT2D eigenvalue weighted by Crippen LogP contribution is -2.39. The summed E-state index contributed by atoms with van der Waals surface area (Å²) in [6, 6.07) is 10.2. The van der Waals surface area contributed by atoms with E-state index in [9.17, 15) is 0 Å². The Morgan fingerprint density at radius 3 is 2.72 bits per heavy atom. The Kier molecular flexibility index (Phi) is 11.0. The SMILES string of the molecule is CCNC(=NCCCN1CCOCC1)NCCc1cnn(-c2ccccc2)c1.I. The second kappa shape index (κ2) is 13.6. The van der Waals surface area contributed by atoms with Crippen molar-refractivity contribution < 1.29 is 4.74 Å². The smallest absolute Gasteiger partial charge is 0.191 e. The summed E-state index contributed by atoms with van der Waals surface area (Å²) in [5, 5.41) is 11.2. The number of hydrogen-bond donors (Lipinski definition) is 2. The lowest BCUT2D eigenvalue weighted by molar-refractivity contribution is 0.0377. The number of hydrogen-bond acceptors (Lipinski definition) is 4. The quantitative estimate of drug-likeness (QED) is 0.234. The minimum atomic E-state index is 0. The van der Waals surface area contributed by atoms with E-state index in [1.165, 1.54) is 5.56 Å². The first-order chi connectivity index (χ1) is 13.8. The minimum Gasteiger partial charge on any atom is -0.379 e. The maximum atomic E-state index is 5.39.